The highest BCUT2D eigenvalue weighted by molar-refractivity contribution is 9.09. The maximum Gasteiger partial charge on any atom is 0.0420 e. The van der Waals surface area contributed by atoms with Gasteiger partial charge in [0.15, 0.2) is 0 Å². The fourth-order valence-electron chi connectivity index (χ4n) is 1.64. The first-order chi connectivity index (χ1) is 6.75. The van der Waals surface area contributed by atoms with Crippen molar-refractivity contribution >= 4 is 15.9 Å². The molecule has 0 saturated carbocycles. The molecule has 0 aliphatic rings. The third kappa shape index (κ3) is 3.45. The van der Waals surface area contributed by atoms with Gasteiger partial charge >= 0.3 is 0 Å². The molecule has 0 radical (unpaired) electrons. The second-order valence-corrected chi connectivity index (χ2v) is 4.92. The predicted molar refractivity (Wildman–Crippen MR) is 66.8 cm³/mol. The van der Waals surface area contributed by atoms with E-state index in [1.807, 2.05) is 0 Å². The van der Waals surface area contributed by atoms with Crippen molar-refractivity contribution in [2.24, 2.45) is 5.92 Å². The van der Waals surface area contributed by atoms with Crippen molar-refractivity contribution in [3.63, 3.8) is 0 Å². The molecule has 0 heterocycles. The van der Waals surface area contributed by atoms with E-state index < -0.39 is 0 Å². The van der Waals surface area contributed by atoms with Gasteiger partial charge in [-0.05, 0) is 17.9 Å². The standard InChI is InChI=1S/C13H19Br/c1-3-4-8-11(2)13(14)12-9-6-5-7-10-12/h5-7,9-11,13H,3-4,8H2,1-2H3. The number of benzene rings is 1. The molecule has 1 rings (SSSR count). The Kier molecular flexibility index (Phi) is 5.24. The Hall–Kier alpha value is -0.300. The minimum atomic E-state index is 0.509. The lowest BCUT2D eigenvalue weighted by Gasteiger charge is -2.18. The maximum atomic E-state index is 3.78. The summed E-state index contributed by atoms with van der Waals surface area (Å²) >= 11 is 3.78. The largest absolute Gasteiger partial charge is 0.0836 e. The van der Waals surface area contributed by atoms with Gasteiger partial charge in [-0.15, -0.1) is 0 Å². The number of hydrogen-bond acceptors (Lipinski definition) is 0. The SMILES string of the molecule is CCCCC(C)C(Br)c1ccccc1. The maximum absolute atomic E-state index is 3.78. The summed E-state index contributed by atoms with van der Waals surface area (Å²) in [6, 6.07) is 10.7. The van der Waals surface area contributed by atoms with Gasteiger partial charge in [-0.2, -0.15) is 0 Å². The number of alkyl halides is 1. The Balaban J connectivity index is 2.52. The van der Waals surface area contributed by atoms with E-state index >= 15 is 0 Å². The molecule has 0 fully saturated rings. The van der Waals surface area contributed by atoms with Crippen LogP contribution in [0.2, 0.25) is 0 Å². The summed E-state index contributed by atoms with van der Waals surface area (Å²) in [7, 11) is 0. The molecule has 0 amide bonds. The second-order valence-electron chi connectivity index (χ2n) is 3.93. The van der Waals surface area contributed by atoms with Gasteiger partial charge in [-0.3, -0.25) is 0 Å². The highest BCUT2D eigenvalue weighted by Gasteiger charge is 2.14. The second kappa shape index (κ2) is 6.23. The minimum Gasteiger partial charge on any atom is -0.0836 e. The lowest BCUT2D eigenvalue weighted by atomic mass is 9.96. The highest BCUT2D eigenvalue weighted by atomic mass is 79.9. The van der Waals surface area contributed by atoms with Gasteiger partial charge in [0.05, 0.1) is 0 Å². The molecule has 0 nitrogen and oxygen atoms in total. The van der Waals surface area contributed by atoms with Crippen molar-refractivity contribution < 1.29 is 0 Å². The van der Waals surface area contributed by atoms with E-state index in [9.17, 15) is 0 Å². The molecule has 2 unspecified atom stereocenters. The molecule has 0 aromatic heterocycles. The van der Waals surface area contributed by atoms with Crippen LogP contribution in [0.25, 0.3) is 0 Å². The Labute approximate surface area is 95.9 Å². The van der Waals surface area contributed by atoms with Gasteiger partial charge in [0.2, 0.25) is 0 Å². The molecule has 0 N–H and O–H groups in total. The van der Waals surface area contributed by atoms with Crippen molar-refractivity contribution in [2.75, 3.05) is 0 Å². The van der Waals surface area contributed by atoms with Gasteiger partial charge in [0.1, 0.15) is 0 Å². The molecule has 0 aliphatic heterocycles. The molecule has 1 aromatic carbocycles. The monoisotopic (exact) mass is 254 g/mol. The van der Waals surface area contributed by atoms with Crippen LogP contribution in [0.3, 0.4) is 0 Å². The average Bonchev–Trinajstić information content (AvgIpc) is 2.26. The summed E-state index contributed by atoms with van der Waals surface area (Å²) in [4.78, 5) is 0.509. The Morgan fingerprint density at radius 1 is 1.21 bits per heavy atom. The molecule has 0 saturated heterocycles. The van der Waals surface area contributed by atoms with Crippen LogP contribution in [0.1, 0.15) is 43.5 Å². The summed E-state index contributed by atoms with van der Waals surface area (Å²) < 4.78 is 0. The first kappa shape index (κ1) is 11.8. The Morgan fingerprint density at radius 3 is 2.43 bits per heavy atom. The van der Waals surface area contributed by atoms with Crippen molar-refractivity contribution in [3.8, 4) is 0 Å². The quantitative estimate of drug-likeness (QED) is 0.653. The third-order valence-electron chi connectivity index (χ3n) is 2.63. The summed E-state index contributed by atoms with van der Waals surface area (Å²) in [5, 5.41) is 0. The molecule has 0 spiro atoms. The third-order valence-corrected chi connectivity index (χ3v) is 4.06. The first-order valence-electron chi connectivity index (χ1n) is 5.44. The van der Waals surface area contributed by atoms with Crippen molar-refractivity contribution in [3.05, 3.63) is 35.9 Å². The van der Waals surface area contributed by atoms with Crippen LogP contribution in [-0.4, -0.2) is 0 Å². The van der Waals surface area contributed by atoms with Gasteiger partial charge in [-0.25, -0.2) is 0 Å². The lowest BCUT2D eigenvalue weighted by molar-refractivity contribution is 0.500. The van der Waals surface area contributed by atoms with E-state index in [0.29, 0.717) is 4.83 Å². The number of hydrogen-bond donors (Lipinski definition) is 0. The zero-order chi connectivity index (χ0) is 10.4. The molecule has 1 heteroatoms. The van der Waals surface area contributed by atoms with Crippen LogP contribution >= 0.6 is 15.9 Å². The summed E-state index contributed by atoms with van der Waals surface area (Å²) in [5.41, 5.74) is 1.40. The normalized spacial score (nSPS) is 15.1. The molecule has 1 aromatic rings. The number of halogens is 1. The molecule has 0 bridgehead atoms. The lowest BCUT2D eigenvalue weighted by Crippen LogP contribution is -2.03. The van der Waals surface area contributed by atoms with E-state index in [1.54, 1.807) is 0 Å². The molecular formula is C13H19Br. The summed E-state index contributed by atoms with van der Waals surface area (Å²) in [5.74, 6) is 0.720. The van der Waals surface area contributed by atoms with Crippen molar-refractivity contribution in [1.82, 2.24) is 0 Å². The zero-order valence-electron chi connectivity index (χ0n) is 9.04. The van der Waals surface area contributed by atoms with Gasteiger partial charge in [0.25, 0.3) is 0 Å². The van der Waals surface area contributed by atoms with Gasteiger partial charge in [0, 0.05) is 4.83 Å². The first-order valence-corrected chi connectivity index (χ1v) is 6.36. The minimum absolute atomic E-state index is 0.509. The van der Waals surface area contributed by atoms with E-state index in [4.69, 9.17) is 0 Å². The fraction of sp³-hybridized carbons (Fsp3) is 0.538. The topological polar surface area (TPSA) is 0 Å². The Bertz CT molecular complexity index is 243. The van der Waals surface area contributed by atoms with E-state index in [2.05, 4.69) is 60.1 Å². The molecule has 14 heavy (non-hydrogen) atoms. The summed E-state index contributed by atoms with van der Waals surface area (Å²) in [6.07, 6.45) is 3.93. The molecule has 0 aliphatic carbocycles. The van der Waals surface area contributed by atoms with Gasteiger partial charge < -0.3 is 0 Å². The smallest absolute Gasteiger partial charge is 0.0420 e. The van der Waals surface area contributed by atoms with E-state index in [1.165, 1.54) is 24.8 Å². The van der Waals surface area contributed by atoms with Crippen LogP contribution in [0.4, 0.5) is 0 Å². The van der Waals surface area contributed by atoms with Gasteiger partial charge in [-0.1, -0.05) is 73.0 Å². The molecule has 78 valence electrons. The summed E-state index contributed by atoms with van der Waals surface area (Å²) in [6.45, 7) is 4.57. The number of rotatable bonds is 5. The van der Waals surface area contributed by atoms with Crippen LogP contribution < -0.4 is 0 Å². The van der Waals surface area contributed by atoms with Crippen molar-refractivity contribution in [2.45, 2.75) is 37.9 Å². The van der Waals surface area contributed by atoms with E-state index in [0.717, 1.165) is 5.92 Å². The highest BCUT2D eigenvalue weighted by Crippen LogP contribution is 2.33. The van der Waals surface area contributed by atoms with Crippen LogP contribution in [0, 0.1) is 5.92 Å². The average molecular weight is 255 g/mol. The number of unbranched alkanes of at least 4 members (excludes halogenated alkanes) is 1. The predicted octanol–water partition coefficient (Wildman–Crippen LogP) is 4.95. The van der Waals surface area contributed by atoms with Crippen molar-refractivity contribution in [1.29, 1.82) is 0 Å². The van der Waals surface area contributed by atoms with Crippen LogP contribution in [0.15, 0.2) is 30.3 Å². The molecule has 2 atom stereocenters. The zero-order valence-corrected chi connectivity index (χ0v) is 10.6. The fourth-order valence-corrected chi connectivity index (χ4v) is 2.21. The van der Waals surface area contributed by atoms with Crippen LogP contribution in [-0.2, 0) is 0 Å². The van der Waals surface area contributed by atoms with E-state index in [-0.39, 0.29) is 0 Å². The Morgan fingerprint density at radius 2 is 1.86 bits per heavy atom. The van der Waals surface area contributed by atoms with Crippen LogP contribution in [0.5, 0.6) is 0 Å². The molecular weight excluding hydrogens is 236 g/mol.